The average molecular weight is 355 g/mol. The quantitative estimate of drug-likeness (QED) is 0.469. The lowest BCUT2D eigenvalue weighted by Gasteiger charge is -2.12. The number of aryl methyl sites for hydroxylation is 1. The molecule has 0 bridgehead atoms. The van der Waals surface area contributed by atoms with Crippen LogP contribution in [-0.4, -0.2) is 29.4 Å². The van der Waals surface area contributed by atoms with Crippen molar-refractivity contribution in [1.29, 1.82) is 0 Å². The fourth-order valence-electron chi connectivity index (χ4n) is 2.51. The third-order valence-corrected chi connectivity index (χ3v) is 4.43. The standard InChI is InChI=1S/C21H25NO4/c1-12(2)22-11-19(24)16-7-9-20(18(23)10-16)26-21(25)17-8-6-13(3)14(4)15(17)5/h6-10,12,22-23H,11H2,1-5H3. The molecular weight excluding hydrogens is 330 g/mol. The summed E-state index contributed by atoms with van der Waals surface area (Å²) in [6, 6.07) is 8.07. The fraction of sp³-hybridized carbons (Fsp3) is 0.333. The largest absolute Gasteiger partial charge is 0.504 e. The van der Waals surface area contributed by atoms with Crippen LogP contribution in [0.25, 0.3) is 0 Å². The van der Waals surface area contributed by atoms with Crippen molar-refractivity contribution < 1.29 is 19.4 Å². The summed E-state index contributed by atoms with van der Waals surface area (Å²) < 4.78 is 5.32. The number of Topliss-reactive ketones (excluding diaryl/α,β-unsaturated/α-hetero) is 1. The molecule has 2 aromatic rings. The van der Waals surface area contributed by atoms with Crippen LogP contribution in [0.2, 0.25) is 0 Å². The molecule has 0 saturated heterocycles. The Kier molecular flexibility index (Phi) is 6.16. The van der Waals surface area contributed by atoms with E-state index < -0.39 is 5.97 Å². The number of phenolic OH excluding ortho intramolecular Hbond substituents is 1. The molecule has 5 nitrogen and oxygen atoms in total. The Morgan fingerprint density at radius 1 is 1.08 bits per heavy atom. The van der Waals surface area contributed by atoms with Gasteiger partial charge in [-0.2, -0.15) is 0 Å². The van der Waals surface area contributed by atoms with E-state index in [0.717, 1.165) is 16.7 Å². The topological polar surface area (TPSA) is 75.6 Å². The zero-order chi connectivity index (χ0) is 19.4. The van der Waals surface area contributed by atoms with Crippen molar-refractivity contribution in [2.45, 2.75) is 40.7 Å². The Labute approximate surface area is 154 Å². The summed E-state index contributed by atoms with van der Waals surface area (Å²) in [6.07, 6.45) is 0. The molecule has 2 aromatic carbocycles. The van der Waals surface area contributed by atoms with Gasteiger partial charge in [0.2, 0.25) is 0 Å². The first-order chi connectivity index (χ1) is 12.2. The van der Waals surface area contributed by atoms with Crippen LogP contribution in [0.3, 0.4) is 0 Å². The molecule has 0 atom stereocenters. The van der Waals surface area contributed by atoms with Crippen LogP contribution < -0.4 is 10.1 Å². The Bertz CT molecular complexity index is 840. The number of nitrogens with one attached hydrogen (secondary N) is 1. The van der Waals surface area contributed by atoms with Gasteiger partial charge in [-0.3, -0.25) is 4.79 Å². The SMILES string of the molecule is Cc1ccc(C(=O)Oc2ccc(C(=O)CNC(C)C)cc2O)c(C)c1C. The lowest BCUT2D eigenvalue weighted by Crippen LogP contribution is -2.29. The summed E-state index contributed by atoms with van der Waals surface area (Å²) in [5.41, 5.74) is 3.79. The van der Waals surface area contributed by atoms with E-state index in [2.05, 4.69) is 5.32 Å². The first-order valence-electron chi connectivity index (χ1n) is 8.59. The molecule has 0 aliphatic carbocycles. The highest BCUT2D eigenvalue weighted by Crippen LogP contribution is 2.28. The van der Waals surface area contributed by atoms with Gasteiger partial charge in [0, 0.05) is 11.6 Å². The maximum Gasteiger partial charge on any atom is 0.343 e. The fourth-order valence-corrected chi connectivity index (χ4v) is 2.51. The van der Waals surface area contributed by atoms with Crippen molar-refractivity contribution in [3.63, 3.8) is 0 Å². The highest BCUT2D eigenvalue weighted by Gasteiger charge is 2.17. The minimum absolute atomic E-state index is 0.0287. The van der Waals surface area contributed by atoms with Crippen LogP contribution in [0.1, 0.15) is 51.3 Å². The summed E-state index contributed by atoms with van der Waals surface area (Å²) in [5, 5.41) is 13.2. The van der Waals surface area contributed by atoms with E-state index in [9.17, 15) is 14.7 Å². The van der Waals surface area contributed by atoms with Crippen molar-refractivity contribution in [2.24, 2.45) is 0 Å². The van der Waals surface area contributed by atoms with Crippen molar-refractivity contribution in [3.05, 3.63) is 58.1 Å². The molecule has 0 aliphatic heterocycles. The van der Waals surface area contributed by atoms with Gasteiger partial charge in [0.05, 0.1) is 12.1 Å². The molecule has 0 spiro atoms. The van der Waals surface area contributed by atoms with E-state index in [-0.39, 0.29) is 29.9 Å². The number of phenols is 1. The summed E-state index contributed by atoms with van der Waals surface area (Å²) in [5.74, 6) is -0.894. The number of ketones is 1. The van der Waals surface area contributed by atoms with Gasteiger partial charge in [-0.05, 0) is 61.7 Å². The monoisotopic (exact) mass is 355 g/mol. The molecule has 0 heterocycles. The molecule has 0 amide bonds. The van der Waals surface area contributed by atoms with Gasteiger partial charge in [-0.15, -0.1) is 0 Å². The molecule has 0 aliphatic rings. The predicted octanol–water partition coefficient (Wildman–Crippen LogP) is 3.72. The molecule has 26 heavy (non-hydrogen) atoms. The molecule has 5 heteroatoms. The zero-order valence-corrected chi connectivity index (χ0v) is 15.8. The van der Waals surface area contributed by atoms with Gasteiger partial charge in [-0.1, -0.05) is 19.9 Å². The van der Waals surface area contributed by atoms with Gasteiger partial charge in [0.1, 0.15) is 0 Å². The van der Waals surface area contributed by atoms with Crippen LogP contribution in [0.5, 0.6) is 11.5 Å². The molecular formula is C21H25NO4. The summed E-state index contributed by atoms with van der Waals surface area (Å²) >= 11 is 0. The van der Waals surface area contributed by atoms with Crippen LogP contribution in [-0.2, 0) is 0 Å². The second kappa shape index (κ2) is 8.15. The van der Waals surface area contributed by atoms with Crippen LogP contribution in [0, 0.1) is 20.8 Å². The van der Waals surface area contributed by atoms with Crippen molar-refractivity contribution in [1.82, 2.24) is 5.32 Å². The van der Waals surface area contributed by atoms with Crippen molar-refractivity contribution >= 4 is 11.8 Å². The maximum absolute atomic E-state index is 12.4. The van der Waals surface area contributed by atoms with Crippen LogP contribution >= 0.6 is 0 Å². The highest BCUT2D eigenvalue weighted by atomic mass is 16.5. The number of benzene rings is 2. The first-order valence-corrected chi connectivity index (χ1v) is 8.59. The number of aromatic hydroxyl groups is 1. The molecule has 2 N–H and O–H groups in total. The summed E-state index contributed by atoms with van der Waals surface area (Å²) in [6.45, 7) is 9.86. The molecule has 0 fully saturated rings. The molecule has 0 saturated carbocycles. The number of esters is 1. The third-order valence-electron chi connectivity index (χ3n) is 4.43. The number of carbonyl (C=O) groups is 2. The number of hydrogen-bond acceptors (Lipinski definition) is 5. The number of carbonyl (C=O) groups excluding carboxylic acids is 2. The second-order valence-corrected chi connectivity index (χ2v) is 6.71. The van der Waals surface area contributed by atoms with E-state index in [4.69, 9.17) is 4.74 Å². The zero-order valence-electron chi connectivity index (χ0n) is 15.8. The predicted molar refractivity (Wildman–Crippen MR) is 101 cm³/mol. The number of ether oxygens (including phenoxy) is 1. The molecule has 138 valence electrons. The summed E-state index contributed by atoms with van der Waals surface area (Å²) in [4.78, 5) is 24.5. The Morgan fingerprint density at radius 2 is 1.77 bits per heavy atom. The maximum atomic E-state index is 12.4. The Balaban J connectivity index is 2.16. The lowest BCUT2D eigenvalue weighted by atomic mass is 9.99. The third kappa shape index (κ3) is 4.49. The van der Waals surface area contributed by atoms with Crippen molar-refractivity contribution in [3.8, 4) is 11.5 Å². The van der Waals surface area contributed by atoms with E-state index in [1.165, 1.54) is 12.1 Å². The first kappa shape index (κ1) is 19.7. The van der Waals surface area contributed by atoms with E-state index >= 15 is 0 Å². The Morgan fingerprint density at radius 3 is 2.38 bits per heavy atom. The van der Waals surface area contributed by atoms with Crippen LogP contribution in [0.15, 0.2) is 30.3 Å². The van der Waals surface area contributed by atoms with Gasteiger partial charge >= 0.3 is 5.97 Å². The van der Waals surface area contributed by atoms with Gasteiger partial charge in [0.15, 0.2) is 17.3 Å². The molecule has 0 aromatic heterocycles. The summed E-state index contributed by atoms with van der Waals surface area (Å²) in [7, 11) is 0. The Hall–Kier alpha value is -2.66. The molecule has 0 radical (unpaired) electrons. The van der Waals surface area contributed by atoms with Gasteiger partial charge < -0.3 is 15.2 Å². The number of rotatable bonds is 6. The van der Waals surface area contributed by atoms with Crippen molar-refractivity contribution in [2.75, 3.05) is 6.54 Å². The second-order valence-electron chi connectivity index (χ2n) is 6.71. The van der Waals surface area contributed by atoms with Crippen LogP contribution in [0.4, 0.5) is 0 Å². The average Bonchev–Trinajstić information content (AvgIpc) is 2.59. The molecule has 2 rings (SSSR count). The van der Waals surface area contributed by atoms with E-state index in [0.29, 0.717) is 11.1 Å². The normalized spacial score (nSPS) is 10.8. The van der Waals surface area contributed by atoms with E-state index in [1.807, 2.05) is 40.7 Å². The van der Waals surface area contributed by atoms with Gasteiger partial charge in [-0.25, -0.2) is 4.79 Å². The minimum Gasteiger partial charge on any atom is -0.504 e. The number of hydrogen-bond donors (Lipinski definition) is 2. The highest BCUT2D eigenvalue weighted by molar-refractivity contribution is 5.98. The minimum atomic E-state index is -0.540. The van der Waals surface area contributed by atoms with E-state index in [1.54, 1.807) is 12.1 Å². The van der Waals surface area contributed by atoms with Gasteiger partial charge in [0.25, 0.3) is 0 Å². The lowest BCUT2D eigenvalue weighted by molar-refractivity contribution is 0.0728. The molecule has 0 unspecified atom stereocenters. The smallest absolute Gasteiger partial charge is 0.343 e.